The van der Waals surface area contributed by atoms with E-state index in [1.54, 1.807) is 0 Å². The van der Waals surface area contributed by atoms with Crippen LogP contribution in [0.15, 0.2) is 0 Å². The molecule has 17 heavy (non-hydrogen) atoms. The fraction of sp³-hybridized carbons (Fsp3) is 0.833. The summed E-state index contributed by atoms with van der Waals surface area (Å²) in [5.41, 5.74) is 0. The monoisotopic (exact) mass is 245 g/mol. The van der Waals surface area contributed by atoms with E-state index in [-0.39, 0.29) is 19.1 Å². The van der Waals surface area contributed by atoms with Gasteiger partial charge in [0.1, 0.15) is 13.2 Å². The quantitative estimate of drug-likeness (QED) is 0.600. The van der Waals surface area contributed by atoms with Crippen molar-refractivity contribution in [2.24, 2.45) is 5.92 Å². The fourth-order valence-corrected chi connectivity index (χ4v) is 1.55. The molecule has 0 heterocycles. The highest BCUT2D eigenvalue weighted by molar-refractivity contribution is 5.82. The number of carbonyl (C=O) groups excluding carboxylic acids is 2. The van der Waals surface area contributed by atoms with Crippen LogP contribution in [0.25, 0.3) is 0 Å². The van der Waals surface area contributed by atoms with E-state index in [4.69, 9.17) is 4.74 Å². The average Bonchev–Trinajstić information content (AvgIpc) is 2.34. The summed E-state index contributed by atoms with van der Waals surface area (Å²) in [5.74, 6) is -0.175. The van der Waals surface area contributed by atoms with E-state index in [9.17, 15) is 9.59 Å². The average molecular weight is 245 g/mol. The number of amides is 1. The molecular weight excluding hydrogens is 222 g/mol. The number of hydrogen-bond donors (Lipinski definition) is 0. The molecule has 0 radical (unpaired) electrons. The van der Waals surface area contributed by atoms with Crippen molar-refractivity contribution in [3.8, 4) is 0 Å². The van der Waals surface area contributed by atoms with Gasteiger partial charge in [0, 0.05) is 13.7 Å². The highest BCUT2D eigenvalue weighted by Gasteiger charge is 2.20. The molecule has 0 spiro atoms. The number of ether oxygens (including phenoxy) is 2. The lowest BCUT2D eigenvalue weighted by Crippen LogP contribution is -2.41. The predicted molar refractivity (Wildman–Crippen MR) is 64.5 cm³/mol. The van der Waals surface area contributed by atoms with Crippen LogP contribution < -0.4 is 0 Å². The van der Waals surface area contributed by atoms with Gasteiger partial charge in [-0.25, -0.2) is 0 Å². The largest absolute Gasteiger partial charge is 0.468 e. The van der Waals surface area contributed by atoms with Crippen LogP contribution in [0.1, 0.15) is 26.7 Å². The van der Waals surface area contributed by atoms with Crippen molar-refractivity contribution >= 4 is 11.9 Å². The normalized spacial score (nSPS) is 10.4. The van der Waals surface area contributed by atoms with Crippen molar-refractivity contribution in [2.75, 3.05) is 33.9 Å². The van der Waals surface area contributed by atoms with Crippen LogP contribution in [0.5, 0.6) is 0 Å². The molecule has 0 bridgehead atoms. The number of methoxy groups -OCH3 is 2. The van der Waals surface area contributed by atoms with Crippen molar-refractivity contribution in [3.05, 3.63) is 0 Å². The van der Waals surface area contributed by atoms with Crippen molar-refractivity contribution in [1.82, 2.24) is 4.90 Å². The van der Waals surface area contributed by atoms with Crippen LogP contribution in [0.2, 0.25) is 0 Å². The zero-order valence-corrected chi connectivity index (χ0v) is 11.2. The first-order chi connectivity index (χ1) is 8.08. The Balaban J connectivity index is 4.48. The van der Waals surface area contributed by atoms with E-state index in [0.29, 0.717) is 12.5 Å². The Morgan fingerprint density at radius 1 is 1.18 bits per heavy atom. The lowest BCUT2D eigenvalue weighted by molar-refractivity contribution is -0.148. The third-order valence-electron chi connectivity index (χ3n) is 2.80. The number of rotatable bonds is 8. The van der Waals surface area contributed by atoms with Gasteiger partial charge in [0.2, 0.25) is 5.91 Å². The van der Waals surface area contributed by atoms with Gasteiger partial charge < -0.3 is 14.4 Å². The van der Waals surface area contributed by atoms with Crippen LogP contribution in [0, 0.1) is 5.92 Å². The molecule has 0 aromatic carbocycles. The van der Waals surface area contributed by atoms with Crippen LogP contribution >= 0.6 is 0 Å². The van der Waals surface area contributed by atoms with Crippen LogP contribution in [0.4, 0.5) is 0 Å². The third kappa shape index (κ3) is 6.26. The second-order valence-electron chi connectivity index (χ2n) is 3.97. The smallest absolute Gasteiger partial charge is 0.325 e. The van der Waals surface area contributed by atoms with Gasteiger partial charge in [0.25, 0.3) is 0 Å². The van der Waals surface area contributed by atoms with Gasteiger partial charge in [-0.1, -0.05) is 26.7 Å². The van der Waals surface area contributed by atoms with E-state index >= 15 is 0 Å². The summed E-state index contributed by atoms with van der Waals surface area (Å²) >= 11 is 0. The minimum atomic E-state index is -0.402. The summed E-state index contributed by atoms with van der Waals surface area (Å²) < 4.78 is 9.39. The fourth-order valence-electron chi connectivity index (χ4n) is 1.55. The molecule has 5 heteroatoms. The van der Waals surface area contributed by atoms with Gasteiger partial charge in [0.05, 0.1) is 7.11 Å². The predicted octanol–water partition coefficient (Wildman–Crippen LogP) is 1.07. The maximum atomic E-state index is 11.8. The second-order valence-corrected chi connectivity index (χ2v) is 3.97. The molecule has 0 N–H and O–H groups in total. The summed E-state index contributed by atoms with van der Waals surface area (Å²) in [5, 5.41) is 0. The zero-order chi connectivity index (χ0) is 13.3. The molecule has 0 aromatic rings. The standard InChI is InChI=1S/C12H23NO4/c1-5-10(6-2)7-13(8-12(15)17-4)11(14)9-16-3/h10H,5-9H2,1-4H3. The Kier molecular flexibility index (Phi) is 8.40. The van der Waals surface area contributed by atoms with Crippen molar-refractivity contribution in [3.63, 3.8) is 0 Å². The molecule has 0 saturated carbocycles. The Hall–Kier alpha value is -1.10. The molecule has 100 valence electrons. The van der Waals surface area contributed by atoms with Gasteiger partial charge in [-0.05, 0) is 5.92 Å². The van der Waals surface area contributed by atoms with Gasteiger partial charge in [-0.15, -0.1) is 0 Å². The second kappa shape index (κ2) is 8.98. The molecule has 0 aromatic heterocycles. The maximum Gasteiger partial charge on any atom is 0.325 e. The van der Waals surface area contributed by atoms with E-state index in [1.807, 2.05) is 0 Å². The third-order valence-corrected chi connectivity index (χ3v) is 2.80. The lowest BCUT2D eigenvalue weighted by Gasteiger charge is -2.25. The molecule has 0 rings (SSSR count). The molecule has 5 nitrogen and oxygen atoms in total. The Morgan fingerprint density at radius 2 is 1.76 bits per heavy atom. The zero-order valence-electron chi connectivity index (χ0n) is 11.2. The highest BCUT2D eigenvalue weighted by atomic mass is 16.5. The highest BCUT2D eigenvalue weighted by Crippen LogP contribution is 2.10. The summed E-state index contributed by atoms with van der Waals surface area (Å²) in [6.07, 6.45) is 1.96. The summed E-state index contributed by atoms with van der Waals surface area (Å²) in [7, 11) is 2.78. The molecule has 0 aliphatic carbocycles. The molecule has 0 saturated heterocycles. The van der Waals surface area contributed by atoms with Crippen LogP contribution in [0.3, 0.4) is 0 Å². The van der Waals surface area contributed by atoms with Gasteiger partial charge in [-0.3, -0.25) is 9.59 Å². The molecule has 0 aliphatic heterocycles. The molecule has 0 atom stereocenters. The first-order valence-corrected chi connectivity index (χ1v) is 5.92. The summed E-state index contributed by atoms with van der Waals surface area (Å²) in [4.78, 5) is 24.5. The number of hydrogen-bond acceptors (Lipinski definition) is 4. The Labute approximate surface area is 103 Å². The molecule has 0 fully saturated rings. The molecule has 0 unspecified atom stereocenters. The van der Waals surface area contributed by atoms with E-state index in [0.717, 1.165) is 12.8 Å². The molecule has 1 amide bonds. The SMILES string of the molecule is CCC(CC)CN(CC(=O)OC)C(=O)COC. The Morgan fingerprint density at radius 3 is 2.18 bits per heavy atom. The summed E-state index contributed by atoms with van der Waals surface area (Å²) in [6, 6.07) is 0. The van der Waals surface area contributed by atoms with Crippen LogP contribution in [-0.4, -0.2) is 50.7 Å². The lowest BCUT2D eigenvalue weighted by atomic mass is 10.0. The van der Waals surface area contributed by atoms with Gasteiger partial charge in [-0.2, -0.15) is 0 Å². The topological polar surface area (TPSA) is 55.8 Å². The van der Waals surface area contributed by atoms with Gasteiger partial charge in [0.15, 0.2) is 0 Å². The number of carbonyl (C=O) groups is 2. The summed E-state index contributed by atoms with van der Waals surface area (Å²) in [6.45, 7) is 4.72. The van der Waals surface area contributed by atoms with Gasteiger partial charge >= 0.3 is 5.97 Å². The Bertz CT molecular complexity index is 239. The molecular formula is C12H23NO4. The van der Waals surface area contributed by atoms with Crippen molar-refractivity contribution < 1.29 is 19.1 Å². The number of esters is 1. The first-order valence-electron chi connectivity index (χ1n) is 5.92. The minimum Gasteiger partial charge on any atom is -0.468 e. The molecule has 0 aliphatic rings. The minimum absolute atomic E-state index is 0.00283. The first kappa shape index (κ1) is 15.9. The van der Waals surface area contributed by atoms with E-state index in [1.165, 1.54) is 19.1 Å². The van der Waals surface area contributed by atoms with Crippen LogP contribution in [-0.2, 0) is 19.1 Å². The van der Waals surface area contributed by atoms with E-state index in [2.05, 4.69) is 18.6 Å². The maximum absolute atomic E-state index is 11.8. The van der Waals surface area contributed by atoms with Crippen molar-refractivity contribution in [2.45, 2.75) is 26.7 Å². The number of nitrogens with zero attached hydrogens (tertiary/aromatic N) is 1. The van der Waals surface area contributed by atoms with Crippen molar-refractivity contribution in [1.29, 1.82) is 0 Å². The van der Waals surface area contributed by atoms with E-state index < -0.39 is 5.97 Å².